The molecule has 0 bridgehead atoms. The van der Waals surface area contributed by atoms with E-state index in [-0.39, 0.29) is 0 Å². The van der Waals surface area contributed by atoms with Crippen LogP contribution in [0.15, 0.2) is 24.3 Å². The van der Waals surface area contributed by atoms with Crippen molar-refractivity contribution in [3.63, 3.8) is 0 Å². The number of urea groups is 1. The molecule has 0 radical (unpaired) electrons. The van der Waals surface area contributed by atoms with Gasteiger partial charge >= 0.3 is 12.0 Å². The fourth-order valence-electron chi connectivity index (χ4n) is 1.78. The molecule has 1 rings (SSSR count). The van der Waals surface area contributed by atoms with Gasteiger partial charge in [0.1, 0.15) is 6.04 Å². The van der Waals surface area contributed by atoms with Gasteiger partial charge in [-0.3, -0.25) is 0 Å². The number of nitrogens with one attached hydrogen (secondary N) is 2. The van der Waals surface area contributed by atoms with Crippen LogP contribution in [0.5, 0.6) is 0 Å². The average Bonchev–Trinajstić information content (AvgIpc) is 2.38. The van der Waals surface area contributed by atoms with Crippen LogP contribution in [0.2, 0.25) is 0 Å². The van der Waals surface area contributed by atoms with Crippen molar-refractivity contribution in [3.8, 4) is 0 Å². The Balaban J connectivity index is 2.61. The van der Waals surface area contributed by atoms with E-state index in [1.165, 1.54) is 0 Å². The van der Waals surface area contributed by atoms with Crippen molar-refractivity contribution in [2.24, 2.45) is 0 Å². The van der Waals surface area contributed by atoms with Gasteiger partial charge in [-0.2, -0.15) is 0 Å². The number of hydrogen-bond acceptors (Lipinski definition) is 3. The second-order valence-corrected chi connectivity index (χ2v) is 4.41. The molecule has 1 atom stereocenters. The summed E-state index contributed by atoms with van der Waals surface area (Å²) in [6.07, 6.45) is 1.08. The van der Waals surface area contributed by atoms with E-state index in [2.05, 4.69) is 10.6 Å². The Bertz CT molecular complexity index is 462. The summed E-state index contributed by atoms with van der Waals surface area (Å²) < 4.78 is 5.01. The van der Waals surface area contributed by atoms with Gasteiger partial charge in [-0.05, 0) is 24.1 Å². The lowest BCUT2D eigenvalue weighted by molar-refractivity contribution is -0.139. The highest BCUT2D eigenvalue weighted by Gasteiger charge is 2.18. The lowest BCUT2D eigenvalue weighted by Gasteiger charge is -2.14. The summed E-state index contributed by atoms with van der Waals surface area (Å²) in [5.41, 5.74) is 1.52. The Hall–Kier alpha value is -2.08. The van der Waals surface area contributed by atoms with E-state index in [9.17, 15) is 9.59 Å². The molecule has 1 aromatic carbocycles. The van der Waals surface area contributed by atoms with Gasteiger partial charge in [-0.25, -0.2) is 9.59 Å². The number of amides is 2. The molecular weight excluding hydrogens is 260 g/mol. The molecule has 1 unspecified atom stereocenters. The molecule has 6 heteroatoms. The summed E-state index contributed by atoms with van der Waals surface area (Å²) in [6, 6.07) is 5.78. The molecule has 0 heterocycles. The molecule has 0 aromatic heterocycles. The third-order valence-electron chi connectivity index (χ3n) is 2.68. The number of ether oxygens (including phenoxy) is 1. The van der Waals surface area contributed by atoms with Gasteiger partial charge in [0.15, 0.2) is 0 Å². The second kappa shape index (κ2) is 8.16. The number of hydrogen-bond donors (Lipinski definition) is 3. The van der Waals surface area contributed by atoms with Gasteiger partial charge in [0.25, 0.3) is 0 Å². The number of carboxylic acid groups (broad SMARTS) is 1. The molecule has 2 amide bonds. The molecule has 0 fully saturated rings. The Morgan fingerprint density at radius 2 is 2.15 bits per heavy atom. The Morgan fingerprint density at radius 3 is 2.75 bits per heavy atom. The largest absolute Gasteiger partial charge is 0.480 e. The summed E-state index contributed by atoms with van der Waals surface area (Å²) in [5, 5.41) is 14.0. The molecule has 0 aliphatic rings. The first-order valence-electron chi connectivity index (χ1n) is 6.45. The topological polar surface area (TPSA) is 87.7 Å². The maximum Gasteiger partial charge on any atom is 0.326 e. The zero-order valence-corrected chi connectivity index (χ0v) is 11.7. The van der Waals surface area contributed by atoms with Crippen LogP contribution >= 0.6 is 0 Å². The normalized spacial score (nSPS) is 11.7. The van der Waals surface area contributed by atoms with Crippen molar-refractivity contribution >= 4 is 17.7 Å². The number of carbonyl (C=O) groups excluding carboxylic acids is 1. The van der Waals surface area contributed by atoms with E-state index in [0.29, 0.717) is 25.1 Å². The van der Waals surface area contributed by atoms with Gasteiger partial charge in [-0.1, -0.05) is 25.5 Å². The first-order valence-corrected chi connectivity index (χ1v) is 6.45. The van der Waals surface area contributed by atoms with Crippen LogP contribution in [0.3, 0.4) is 0 Å². The quantitative estimate of drug-likeness (QED) is 0.714. The van der Waals surface area contributed by atoms with Gasteiger partial charge in [0.05, 0.1) is 6.61 Å². The fourth-order valence-corrected chi connectivity index (χ4v) is 1.78. The molecular formula is C14H20N2O4. The highest BCUT2D eigenvalue weighted by molar-refractivity contribution is 5.92. The maximum absolute atomic E-state index is 11.8. The Kier molecular flexibility index (Phi) is 6.52. The first kappa shape index (κ1) is 16.0. The standard InChI is InChI=1S/C14H20N2O4/c1-3-5-12(13(17)18)16-14(19)15-11-7-4-6-10(8-11)9-20-2/h4,6-8,12H,3,5,9H2,1-2H3,(H,17,18)(H2,15,16,19). The van der Waals surface area contributed by atoms with Crippen LogP contribution in [0.4, 0.5) is 10.5 Å². The summed E-state index contributed by atoms with van der Waals surface area (Å²) in [7, 11) is 1.59. The van der Waals surface area contributed by atoms with Gasteiger partial charge in [0.2, 0.25) is 0 Å². The molecule has 0 aliphatic heterocycles. The summed E-state index contributed by atoms with van der Waals surface area (Å²) in [5.74, 6) is -1.03. The third kappa shape index (κ3) is 5.27. The molecule has 1 aromatic rings. The SMILES string of the molecule is CCCC(NC(=O)Nc1cccc(COC)c1)C(=O)O. The Morgan fingerprint density at radius 1 is 1.40 bits per heavy atom. The predicted molar refractivity (Wildman–Crippen MR) is 75.6 cm³/mol. The number of rotatable bonds is 7. The number of carbonyl (C=O) groups is 2. The van der Waals surface area contributed by atoms with E-state index in [1.54, 1.807) is 25.3 Å². The molecule has 110 valence electrons. The molecule has 3 N–H and O–H groups in total. The molecule has 0 spiro atoms. The number of aliphatic carboxylic acids is 1. The molecule has 0 aliphatic carbocycles. The van der Waals surface area contributed by atoms with Crippen molar-refractivity contribution in [2.45, 2.75) is 32.4 Å². The van der Waals surface area contributed by atoms with Crippen molar-refractivity contribution in [1.82, 2.24) is 5.32 Å². The average molecular weight is 280 g/mol. The molecule has 6 nitrogen and oxygen atoms in total. The number of carboxylic acids is 1. The summed E-state index contributed by atoms with van der Waals surface area (Å²) in [6.45, 7) is 2.31. The smallest absolute Gasteiger partial charge is 0.326 e. The number of methoxy groups -OCH3 is 1. The zero-order valence-electron chi connectivity index (χ0n) is 11.7. The lowest BCUT2D eigenvalue weighted by atomic mass is 10.2. The van der Waals surface area contributed by atoms with E-state index >= 15 is 0 Å². The van der Waals surface area contributed by atoms with Gasteiger partial charge < -0.3 is 20.5 Å². The zero-order chi connectivity index (χ0) is 15.0. The molecule has 20 heavy (non-hydrogen) atoms. The predicted octanol–water partition coefficient (Wildman–Crippen LogP) is 2.21. The van der Waals surface area contributed by atoms with Crippen molar-refractivity contribution < 1.29 is 19.4 Å². The van der Waals surface area contributed by atoms with Crippen LogP contribution in [-0.2, 0) is 16.1 Å². The van der Waals surface area contributed by atoms with E-state index in [4.69, 9.17) is 9.84 Å². The third-order valence-corrected chi connectivity index (χ3v) is 2.68. The number of benzene rings is 1. The molecule has 0 saturated heterocycles. The van der Waals surface area contributed by atoms with Crippen LogP contribution in [-0.4, -0.2) is 30.3 Å². The maximum atomic E-state index is 11.8. The summed E-state index contributed by atoms with van der Waals surface area (Å²) in [4.78, 5) is 22.7. The second-order valence-electron chi connectivity index (χ2n) is 4.41. The minimum Gasteiger partial charge on any atom is -0.480 e. The number of anilines is 1. The first-order chi connectivity index (χ1) is 9.56. The highest BCUT2D eigenvalue weighted by Crippen LogP contribution is 2.11. The molecule has 0 saturated carbocycles. The summed E-state index contributed by atoms with van der Waals surface area (Å²) >= 11 is 0. The van der Waals surface area contributed by atoms with Crippen molar-refractivity contribution in [3.05, 3.63) is 29.8 Å². The monoisotopic (exact) mass is 280 g/mol. The van der Waals surface area contributed by atoms with Crippen molar-refractivity contribution in [2.75, 3.05) is 12.4 Å². The van der Waals surface area contributed by atoms with E-state index < -0.39 is 18.0 Å². The van der Waals surface area contributed by atoms with Crippen molar-refractivity contribution in [1.29, 1.82) is 0 Å². The van der Waals surface area contributed by atoms with Gasteiger partial charge in [0, 0.05) is 12.8 Å². The van der Waals surface area contributed by atoms with Gasteiger partial charge in [-0.15, -0.1) is 0 Å². The van der Waals surface area contributed by atoms with Crippen LogP contribution in [0, 0.1) is 0 Å². The van der Waals surface area contributed by atoms with Crippen LogP contribution in [0.25, 0.3) is 0 Å². The highest BCUT2D eigenvalue weighted by atomic mass is 16.5. The fraction of sp³-hybridized carbons (Fsp3) is 0.429. The van der Waals surface area contributed by atoms with E-state index in [0.717, 1.165) is 5.56 Å². The minimum absolute atomic E-state index is 0.395. The Labute approximate surface area is 118 Å². The minimum atomic E-state index is -1.03. The van der Waals surface area contributed by atoms with Crippen LogP contribution in [0.1, 0.15) is 25.3 Å². The lowest BCUT2D eigenvalue weighted by Crippen LogP contribution is -2.42. The van der Waals surface area contributed by atoms with Crippen LogP contribution < -0.4 is 10.6 Å². The van der Waals surface area contributed by atoms with E-state index in [1.807, 2.05) is 13.0 Å².